The molecule has 3 rings (SSSR count). The number of hydrogen-bond donors (Lipinski definition) is 0. The van der Waals surface area contributed by atoms with Crippen molar-refractivity contribution in [2.45, 2.75) is 6.54 Å². The van der Waals surface area contributed by atoms with E-state index in [1.165, 1.54) is 5.69 Å². The van der Waals surface area contributed by atoms with E-state index in [4.69, 9.17) is 0 Å². The summed E-state index contributed by atoms with van der Waals surface area (Å²) in [5.74, 6) is 0.0364. The van der Waals surface area contributed by atoms with Crippen LogP contribution in [0.3, 0.4) is 0 Å². The molecule has 0 atom stereocenters. The number of halogens is 1. The molecule has 0 bridgehead atoms. The zero-order chi connectivity index (χ0) is 20.1. The van der Waals surface area contributed by atoms with E-state index >= 15 is 0 Å². The van der Waals surface area contributed by atoms with Crippen molar-refractivity contribution in [1.82, 2.24) is 9.80 Å². The number of likely N-dealkylation sites (N-methyl/N-ethyl adjacent to an activating group) is 1. The van der Waals surface area contributed by atoms with Crippen molar-refractivity contribution in [3.8, 4) is 0 Å². The van der Waals surface area contributed by atoms with Crippen LogP contribution < -0.4 is 4.90 Å². The normalized spacial score (nSPS) is 15.5. The highest BCUT2D eigenvalue weighted by Crippen LogP contribution is 2.26. The molecule has 1 heterocycles. The van der Waals surface area contributed by atoms with Gasteiger partial charge in [0.25, 0.3) is 0 Å². The molecule has 148 valence electrons. The number of carbonyl (C=O) groups excluding carboxylic acids is 1. The third-order valence-electron chi connectivity index (χ3n) is 5.03. The van der Waals surface area contributed by atoms with Gasteiger partial charge in [-0.2, -0.15) is 0 Å². The molecule has 0 spiro atoms. The van der Waals surface area contributed by atoms with E-state index in [0.29, 0.717) is 0 Å². The number of benzene rings is 2. The zero-order valence-electron chi connectivity index (χ0n) is 16.9. The number of ketones is 1. The molecule has 28 heavy (non-hydrogen) atoms. The van der Waals surface area contributed by atoms with Gasteiger partial charge in [0.1, 0.15) is 0 Å². The summed E-state index contributed by atoms with van der Waals surface area (Å²) >= 11 is 3.62. The fourth-order valence-electron chi connectivity index (χ4n) is 3.41. The standard InChI is InChI=1S/C23H28BrN3O/c1-25(2)17-19-6-4-5-7-21(19)23(28)11-8-18-16-20(9-10-22(18)24)27-14-12-26(3)13-15-27/h4-11,16H,12-15,17H2,1-3H3/b11-8+. The van der Waals surface area contributed by atoms with Crippen LogP contribution in [0.1, 0.15) is 21.5 Å². The molecule has 0 aromatic heterocycles. The molecule has 2 aromatic carbocycles. The first-order valence-corrected chi connectivity index (χ1v) is 10.4. The maximum atomic E-state index is 12.8. The van der Waals surface area contributed by atoms with Crippen molar-refractivity contribution >= 4 is 33.5 Å². The Morgan fingerprint density at radius 2 is 1.82 bits per heavy atom. The summed E-state index contributed by atoms with van der Waals surface area (Å²) in [5, 5.41) is 0. The zero-order valence-corrected chi connectivity index (χ0v) is 18.4. The third-order valence-corrected chi connectivity index (χ3v) is 5.75. The van der Waals surface area contributed by atoms with Gasteiger partial charge in [-0.25, -0.2) is 0 Å². The maximum absolute atomic E-state index is 12.8. The minimum atomic E-state index is 0.0364. The fourth-order valence-corrected chi connectivity index (χ4v) is 3.79. The topological polar surface area (TPSA) is 26.8 Å². The summed E-state index contributed by atoms with van der Waals surface area (Å²) in [4.78, 5) is 19.6. The van der Waals surface area contributed by atoms with Gasteiger partial charge in [-0.1, -0.05) is 40.2 Å². The molecular weight excluding hydrogens is 414 g/mol. The summed E-state index contributed by atoms with van der Waals surface area (Å²) in [7, 11) is 6.18. The van der Waals surface area contributed by atoms with Crippen LogP contribution in [0.15, 0.2) is 53.0 Å². The number of nitrogens with zero attached hydrogens (tertiary/aromatic N) is 3. The number of carbonyl (C=O) groups is 1. The van der Waals surface area contributed by atoms with Crippen LogP contribution in [0.2, 0.25) is 0 Å². The predicted molar refractivity (Wildman–Crippen MR) is 121 cm³/mol. The van der Waals surface area contributed by atoms with E-state index in [-0.39, 0.29) is 5.78 Å². The minimum Gasteiger partial charge on any atom is -0.369 e. The second kappa shape index (κ2) is 9.50. The fraction of sp³-hybridized carbons (Fsp3) is 0.348. The van der Waals surface area contributed by atoms with Crippen LogP contribution in [0, 0.1) is 0 Å². The summed E-state index contributed by atoms with van der Waals surface area (Å²) in [6.07, 6.45) is 3.60. The molecule has 5 heteroatoms. The Balaban J connectivity index is 1.79. The second-order valence-corrected chi connectivity index (χ2v) is 8.44. The van der Waals surface area contributed by atoms with E-state index in [2.05, 4.69) is 55.9 Å². The van der Waals surface area contributed by atoms with Gasteiger partial charge in [-0.05, 0) is 62.6 Å². The molecule has 0 aliphatic carbocycles. The number of piperazine rings is 1. The van der Waals surface area contributed by atoms with Crippen LogP contribution in [-0.2, 0) is 6.54 Å². The lowest BCUT2D eigenvalue weighted by Crippen LogP contribution is -2.44. The van der Waals surface area contributed by atoms with Crippen molar-refractivity contribution in [1.29, 1.82) is 0 Å². The van der Waals surface area contributed by atoms with Crippen molar-refractivity contribution in [2.24, 2.45) is 0 Å². The average molecular weight is 442 g/mol. The monoisotopic (exact) mass is 441 g/mol. The summed E-state index contributed by atoms with van der Waals surface area (Å²) < 4.78 is 0.996. The molecule has 0 N–H and O–H groups in total. The lowest BCUT2D eigenvalue weighted by atomic mass is 10.0. The molecule has 1 saturated heterocycles. The molecule has 4 nitrogen and oxygen atoms in total. The second-order valence-electron chi connectivity index (χ2n) is 7.59. The van der Waals surface area contributed by atoms with Crippen LogP contribution in [0.5, 0.6) is 0 Å². The molecule has 2 aromatic rings. The number of rotatable bonds is 6. The molecule has 1 fully saturated rings. The Hall–Kier alpha value is -1.95. The Bertz CT molecular complexity index is 855. The van der Waals surface area contributed by atoms with Gasteiger partial charge >= 0.3 is 0 Å². The van der Waals surface area contributed by atoms with E-state index in [1.807, 2.05) is 44.4 Å². The van der Waals surface area contributed by atoms with Crippen LogP contribution >= 0.6 is 15.9 Å². The van der Waals surface area contributed by atoms with Gasteiger partial charge < -0.3 is 14.7 Å². The third kappa shape index (κ3) is 5.31. The lowest BCUT2D eigenvalue weighted by Gasteiger charge is -2.34. The van der Waals surface area contributed by atoms with Gasteiger partial charge in [-0.3, -0.25) is 4.79 Å². The molecular formula is C23H28BrN3O. The molecule has 0 amide bonds. The Labute approximate surface area is 176 Å². The quantitative estimate of drug-likeness (QED) is 0.496. The first kappa shape index (κ1) is 20.8. The molecule has 0 saturated carbocycles. The number of anilines is 1. The summed E-state index contributed by atoms with van der Waals surface area (Å²) in [6, 6.07) is 14.2. The summed E-state index contributed by atoms with van der Waals surface area (Å²) in [5.41, 5.74) is 4.04. The van der Waals surface area contributed by atoms with Crippen LogP contribution in [0.4, 0.5) is 5.69 Å². The van der Waals surface area contributed by atoms with E-state index in [1.54, 1.807) is 6.08 Å². The maximum Gasteiger partial charge on any atom is 0.186 e. The molecule has 1 aliphatic rings. The van der Waals surface area contributed by atoms with E-state index in [9.17, 15) is 4.79 Å². The van der Waals surface area contributed by atoms with Gasteiger partial charge in [-0.15, -0.1) is 0 Å². The van der Waals surface area contributed by atoms with Crippen LogP contribution in [-0.4, -0.2) is 62.9 Å². The minimum absolute atomic E-state index is 0.0364. The Morgan fingerprint density at radius 3 is 2.54 bits per heavy atom. The highest BCUT2D eigenvalue weighted by atomic mass is 79.9. The van der Waals surface area contributed by atoms with Crippen molar-refractivity contribution < 1.29 is 4.79 Å². The van der Waals surface area contributed by atoms with Crippen LogP contribution in [0.25, 0.3) is 6.08 Å². The van der Waals surface area contributed by atoms with Gasteiger partial charge in [0.15, 0.2) is 5.78 Å². The molecule has 0 unspecified atom stereocenters. The molecule has 1 aliphatic heterocycles. The molecule has 0 radical (unpaired) electrons. The highest BCUT2D eigenvalue weighted by molar-refractivity contribution is 9.10. The largest absolute Gasteiger partial charge is 0.369 e. The average Bonchev–Trinajstić information content (AvgIpc) is 2.68. The van der Waals surface area contributed by atoms with E-state index < -0.39 is 0 Å². The lowest BCUT2D eigenvalue weighted by molar-refractivity contribution is 0.104. The van der Waals surface area contributed by atoms with E-state index in [0.717, 1.165) is 53.9 Å². The smallest absolute Gasteiger partial charge is 0.186 e. The van der Waals surface area contributed by atoms with Crippen molar-refractivity contribution in [2.75, 3.05) is 52.2 Å². The van der Waals surface area contributed by atoms with Gasteiger partial charge in [0.2, 0.25) is 0 Å². The number of hydrogen-bond acceptors (Lipinski definition) is 4. The first-order valence-electron chi connectivity index (χ1n) is 9.62. The Kier molecular flexibility index (Phi) is 7.05. The predicted octanol–water partition coefficient (Wildman–Crippen LogP) is 4.16. The Morgan fingerprint density at radius 1 is 1.11 bits per heavy atom. The van der Waals surface area contributed by atoms with Gasteiger partial charge in [0.05, 0.1) is 0 Å². The van der Waals surface area contributed by atoms with Crippen molar-refractivity contribution in [3.63, 3.8) is 0 Å². The number of allylic oxidation sites excluding steroid dienone is 1. The SMILES string of the molecule is CN(C)Cc1ccccc1C(=O)/C=C/c1cc(N2CCN(C)CC2)ccc1Br. The van der Waals surface area contributed by atoms with Gasteiger partial charge in [0, 0.05) is 48.4 Å². The highest BCUT2D eigenvalue weighted by Gasteiger charge is 2.15. The van der Waals surface area contributed by atoms with Crippen molar-refractivity contribution in [3.05, 3.63) is 69.7 Å². The first-order chi connectivity index (χ1) is 13.4. The summed E-state index contributed by atoms with van der Waals surface area (Å²) in [6.45, 7) is 4.94.